The van der Waals surface area contributed by atoms with Crippen LogP contribution in [0.4, 0.5) is 0 Å². The molecule has 1 aliphatic carbocycles. The van der Waals surface area contributed by atoms with Gasteiger partial charge in [-0.15, -0.1) is 11.6 Å². The zero-order valence-corrected chi connectivity index (χ0v) is 14.9. The molecule has 0 spiro atoms. The molecule has 21 heavy (non-hydrogen) atoms. The van der Waals surface area contributed by atoms with Crippen LogP contribution in [-0.2, 0) is 4.79 Å². The maximum atomic E-state index is 12.3. The average Bonchev–Trinajstić information content (AvgIpc) is 2.52. The first-order valence-electron chi connectivity index (χ1n) is 9.04. The monoisotopic (exact) mass is 315 g/mol. The summed E-state index contributed by atoms with van der Waals surface area (Å²) in [5.41, 5.74) is 0. The number of nitrogens with one attached hydrogen (secondary N) is 1. The lowest BCUT2D eigenvalue weighted by molar-refractivity contribution is -0.126. The predicted octanol–water partition coefficient (Wildman–Crippen LogP) is 5.14. The fourth-order valence-corrected chi connectivity index (χ4v) is 3.95. The second-order valence-corrected chi connectivity index (χ2v) is 7.26. The van der Waals surface area contributed by atoms with Crippen molar-refractivity contribution in [2.75, 3.05) is 6.54 Å². The number of carbonyl (C=O) groups excluding carboxylic acids is 1. The third-order valence-corrected chi connectivity index (χ3v) is 5.73. The van der Waals surface area contributed by atoms with Gasteiger partial charge in [-0.25, -0.2) is 0 Å². The number of carbonyl (C=O) groups is 1. The molecule has 2 nitrogen and oxygen atoms in total. The molecule has 0 saturated heterocycles. The minimum absolute atomic E-state index is 0.0739. The molecule has 0 heterocycles. The summed E-state index contributed by atoms with van der Waals surface area (Å²) in [5.74, 6) is 1.84. The van der Waals surface area contributed by atoms with E-state index in [4.69, 9.17) is 11.6 Å². The van der Waals surface area contributed by atoms with Crippen LogP contribution < -0.4 is 5.32 Å². The van der Waals surface area contributed by atoms with Gasteiger partial charge in [0.1, 0.15) is 0 Å². The number of rotatable bonds is 9. The van der Waals surface area contributed by atoms with Gasteiger partial charge in [0.2, 0.25) is 5.91 Å². The van der Waals surface area contributed by atoms with Crippen molar-refractivity contribution in [2.24, 2.45) is 17.8 Å². The number of amides is 1. The second kappa shape index (κ2) is 10.5. The summed E-state index contributed by atoms with van der Waals surface area (Å²) in [5, 5.41) is 3.16. The first-order chi connectivity index (χ1) is 10.1. The smallest absolute Gasteiger partial charge is 0.223 e. The van der Waals surface area contributed by atoms with Crippen LogP contribution in [0.5, 0.6) is 0 Å². The minimum Gasteiger partial charge on any atom is -0.354 e. The SMILES string of the molecule is CCCCC1CCC(C(=O)NCC(Cl)C(CC)CC)CC1. The average molecular weight is 316 g/mol. The van der Waals surface area contributed by atoms with Crippen LogP contribution in [0, 0.1) is 17.8 Å². The molecule has 1 rings (SSSR count). The summed E-state index contributed by atoms with van der Waals surface area (Å²) < 4.78 is 0. The highest BCUT2D eigenvalue weighted by molar-refractivity contribution is 6.21. The Morgan fingerprint density at radius 3 is 2.29 bits per heavy atom. The summed E-state index contributed by atoms with van der Waals surface area (Å²) in [6.07, 6.45) is 10.7. The van der Waals surface area contributed by atoms with Gasteiger partial charge in [0, 0.05) is 12.5 Å². The number of hydrogen-bond acceptors (Lipinski definition) is 1. The zero-order chi connectivity index (χ0) is 15.7. The summed E-state index contributed by atoms with van der Waals surface area (Å²) in [7, 11) is 0. The standard InChI is InChI=1S/C18H34ClNO/c1-4-7-8-14-9-11-16(12-10-14)18(21)20-13-17(19)15(5-2)6-3/h14-17H,4-13H2,1-3H3,(H,20,21). The third kappa shape index (κ3) is 6.59. The highest BCUT2D eigenvalue weighted by atomic mass is 35.5. The van der Waals surface area contributed by atoms with Gasteiger partial charge in [-0.3, -0.25) is 4.79 Å². The van der Waals surface area contributed by atoms with E-state index in [1.807, 2.05) is 0 Å². The van der Waals surface area contributed by atoms with Gasteiger partial charge in [-0.05, 0) is 37.5 Å². The molecule has 1 atom stereocenters. The van der Waals surface area contributed by atoms with E-state index < -0.39 is 0 Å². The number of hydrogen-bond donors (Lipinski definition) is 1. The molecule has 1 fully saturated rings. The van der Waals surface area contributed by atoms with Crippen molar-refractivity contribution in [3.05, 3.63) is 0 Å². The highest BCUT2D eigenvalue weighted by Crippen LogP contribution is 2.32. The van der Waals surface area contributed by atoms with E-state index >= 15 is 0 Å². The summed E-state index contributed by atoms with van der Waals surface area (Å²) >= 11 is 6.40. The molecule has 0 bridgehead atoms. The van der Waals surface area contributed by atoms with E-state index in [2.05, 4.69) is 26.1 Å². The molecule has 1 saturated carbocycles. The van der Waals surface area contributed by atoms with E-state index in [0.717, 1.165) is 31.6 Å². The van der Waals surface area contributed by atoms with Crippen molar-refractivity contribution in [1.29, 1.82) is 0 Å². The third-order valence-electron chi connectivity index (χ3n) is 5.22. The van der Waals surface area contributed by atoms with E-state index in [9.17, 15) is 4.79 Å². The van der Waals surface area contributed by atoms with Crippen molar-refractivity contribution in [3.8, 4) is 0 Å². The Balaban J connectivity index is 2.24. The lowest BCUT2D eigenvalue weighted by Crippen LogP contribution is -2.38. The number of unbranched alkanes of at least 4 members (excludes halogenated alkanes) is 1. The van der Waals surface area contributed by atoms with Gasteiger partial charge in [0.15, 0.2) is 0 Å². The molecular formula is C18H34ClNO. The van der Waals surface area contributed by atoms with Crippen LogP contribution in [-0.4, -0.2) is 17.8 Å². The van der Waals surface area contributed by atoms with Crippen LogP contribution in [0.2, 0.25) is 0 Å². The maximum absolute atomic E-state index is 12.3. The van der Waals surface area contributed by atoms with E-state index in [0.29, 0.717) is 12.5 Å². The molecule has 0 aliphatic heterocycles. The second-order valence-electron chi connectivity index (χ2n) is 6.70. The van der Waals surface area contributed by atoms with Gasteiger partial charge in [-0.1, -0.05) is 52.9 Å². The van der Waals surface area contributed by atoms with Crippen molar-refractivity contribution in [1.82, 2.24) is 5.32 Å². The summed E-state index contributed by atoms with van der Waals surface area (Å²) in [6, 6.07) is 0. The molecule has 124 valence electrons. The lowest BCUT2D eigenvalue weighted by atomic mass is 9.79. The fraction of sp³-hybridized carbons (Fsp3) is 0.944. The van der Waals surface area contributed by atoms with Crippen molar-refractivity contribution < 1.29 is 4.79 Å². The Kier molecular flexibility index (Phi) is 9.39. The van der Waals surface area contributed by atoms with Gasteiger partial charge < -0.3 is 5.32 Å². The summed E-state index contributed by atoms with van der Waals surface area (Å²) in [4.78, 5) is 12.3. The molecule has 1 aliphatic rings. The van der Waals surface area contributed by atoms with Crippen molar-refractivity contribution >= 4 is 17.5 Å². The number of alkyl halides is 1. The lowest BCUT2D eigenvalue weighted by Gasteiger charge is -2.28. The molecule has 0 aromatic heterocycles. The fourth-order valence-electron chi connectivity index (χ4n) is 3.52. The minimum atomic E-state index is 0.0739. The first kappa shape index (κ1) is 18.8. The van der Waals surface area contributed by atoms with E-state index in [-0.39, 0.29) is 17.2 Å². The van der Waals surface area contributed by atoms with Gasteiger partial charge in [0.05, 0.1) is 5.38 Å². The zero-order valence-electron chi connectivity index (χ0n) is 14.2. The van der Waals surface area contributed by atoms with Gasteiger partial charge >= 0.3 is 0 Å². The molecule has 1 unspecified atom stereocenters. The Bertz CT molecular complexity index is 283. The molecule has 1 amide bonds. The molecule has 0 radical (unpaired) electrons. The molecule has 0 aromatic rings. The number of halogens is 1. The molecule has 3 heteroatoms. The van der Waals surface area contributed by atoms with Crippen LogP contribution >= 0.6 is 11.6 Å². The van der Waals surface area contributed by atoms with E-state index in [1.54, 1.807) is 0 Å². The van der Waals surface area contributed by atoms with Crippen molar-refractivity contribution in [3.63, 3.8) is 0 Å². The Morgan fingerprint density at radius 2 is 1.76 bits per heavy atom. The quantitative estimate of drug-likeness (QED) is 0.586. The molecule has 0 aromatic carbocycles. The van der Waals surface area contributed by atoms with Gasteiger partial charge in [-0.2, -0.15) is 0 Å². The van der Waals surface area contributed by atoms with Crippen LogP contribution in [0.1, 0.15) is 78.6 Å². The first-order valence-corrected chi connectivity index (χ1v) is 9.47. The topological polar surface area (TPSA) is 29.1 Å². The molecule has 1 N–H and O–H groups in total. The Hall–Kier alpha value is -0.240. The predicted molar refractivity (Wildman–Crippen MR) is 91.7 cm³/mol. The maximum Gasteiger partial charge on any atom is 0.223 e. The summed E-state index contributed by atoms with van der Waals surface area (Å²) in [6.45, 7) is 7.22. The van der Waals surface area contributed by atoms with E-state index in [1.165, 1.54) is 32.1 Å². The van der Waals surface area contributed by atoms with Crippen LogP contribution in [0.25, 0.3) is 0 Å². The Labute approximate surface area is 136 Å². The van der Waals surface area contributed by atoms with Crippen molar-refractivity contribution in [2.45, 2.75) is 83.9 Å². The normalized spacial score (nSPS) is 24.0. The van der Waals surface area contributed by atoms with Gasteiger partial charge in [0.25, 0.3) is 0 Å². The largest absolute Gasteiger partial charge is 0.354 e. The Morgan fingerprint density at radius 1 is 1.14 bits per heavy atom. The van der Waals surface area contributed by atoms with Crippen LogP contribution in [0.15, 0.2) is 0 Å². The molecular weight excluding hydrogens is 282 g/mol. The van der Waals surface area contributed by atoms with Crippen LogP contribution in [0.3, 0.4) is 0 Å². The highest BCUT2D eigenvalue weighted by Gasteiger charge is 2.26.